The monoisotopic (exact) mass is 355 g/mol. The molecular formula is C18H18BrN3. The van der Waals surface area contributed by atoms with Crippen LogP contribution in [0.2, 0.25) is 0 Å². The Morgan fingerprint density at radius 1 is 1.09 bits per heavy atom. The zero-order valence-corrected chi connectivity index (χ0v) is 14.3. The third-order valence-corrected chi connectivity index (χ3v) is 4.32. The second kappa shape index (κ2) is 6.44. The zero-order chi connectivity index (χ0) is 15.5. The van der Waals surface area contributed by atoms with E-state index in [0.29, 0.717) is 12.5 Å². The first-order valence-corrected chi connectivity index (χ1v) is 8.16. The topological polar surface area (TPSA) is 37.8 Å². The fraction of sp³-hybridized carbons (Fsp3) is 0.222. The lowest BCUT2D eigenvalue weighted by Gasteiger charge is -2.12. The van der Waals surface area contributed by atoms with Crippen molar-refractivity contribution in [1.29, 1.82) is 0 Å². The highest BCUT2D eigenvalue weighted by molar-refractivity contribution is 9.10. The van der Waals surface area contributed by atoms with Crippen LogP contribution in [0.3, 0.4) is 0 Å². The summed E-state index contributed by atoms with van der Waals surface area (Å²) >= 11 is 3.59. The summed E-state index contributed by atoms with van der Waals surface area (Å²) in [5, 5.41) is 5.71. The molecule has 0 atom stereocenters. The van der Waals surface area contributed by atoms with Gasteiger partial charge in [0.25, 0.3) is 0 Å². The summed E-state index contributed by atoms with van der Waals surface area (Å²) in [5.41, 5.74) is 2.31. The number of hydrogen-bond acceptors (Lipinski definition) is 3. The standard InChI is InChI=1S/C18H18BrN3/c1-12(2)13-6-7-15-16(9-13)18(22-11-17(15)19)21-10-14-5-3-4-8-20-14/h3-9,11-12H,10H2,1-2H3,(H,21,22). The minimum Gasteiger partial charge on any atom is -0.364 e. The van der Waals surface area contributed by atoms with E-state index in [4.69, 9.17) is 0 Å². The number of nitrogens with one attached hydrogen (secondary N) is 1. The van der Waals surface area contributed by atoms with E-state index in [2.05, 4.69) is 63.3 Å². The Kier molecular flexibility index (Phi) is 4.39. The summed E-state index contributed by atoms with van der Waals surface area (Å²) < 4.78 is 1.01. The largest absolute Gasteiger partial charge is 0.364 e. The molecule has 0 bridgehead atoms. The molecule has 0 saturated carbocycles. The van der Waals surface area contributed by atoms with E-state index in [0.717, 1.165) is 21.4 Å². The average molecular weight is 356 g/mol. The number of halogens is 1. The third-order valence-electron chi connectivity index (χ3n) is 3.69. The molecule has 0 radical (unpaired) electrons. The number of fused-ring (bicyclic) bond motifs is 1. The van der Waals surface area contributed by atoms with Crippen molar-refractivity contribution in [3.05, 3.63) is 64.5 Å². The van der Waals surface area contributed by atoms with Gasteiger partial charge in [-0.2, -0.15) is 0 Å². The lowest BCUT2D eigenvalue weighted by Crippen LogP contribution is -2.04. The molecule has 0 saturated heterocycles. The van der Waals surface area contributed by atoms with Gasteiger partial charge < -0.3 is 5.32 Å². The van der Waals surface area contributed by atoms with E-state index in [1.165, 1.54) is 10.9 Å². The molecule has 3 aromatic rings. The summed E-state index contributed by atoms with van der Waals surface area (Å²) in [7, 11) is 0. The van der Waals surface area contributed by atoms with Gasteiger partial charge in [0, 0.05) is 27.6 Å². The lowest BCUT2D eigenvalue weighted by molar-refractivity contribution is 0.868. The molecule has 0 amide bonds. The van der Waals surface area contributed by atoms with Crippen LogP contribution in [-0.4, -0.2) is 9.97 Å². The molecule has 4 heteroatoms. The number of benzene rings is 1. The van der Waals surface area contributed by atoms with Crippen molar-refractivity contribution in [3.63, 3.8) is 0 Å². The van der Waals surface area contributed by atoms with Crippen LogP contribution in [0.15, 0.2) is 53.3 Å². The van der Waals surface area contributed by atoms with Crippen molar-refractivity contribution in [2.45, 2.75) is 26.3 Å². The van der Waals surface area contributed by atoms with Crippen molar-refractivity contribution >= 4 is 32.5 Å². The molecular weight excluding hydrogens is 338 g/mol. The highest BCUT2D eigenvalue weighted by Gasteiger charge is 2.09. The molecule has 0 unspecified atom stereocenters. The highest BCUT2D eigenvalue weighted by Crippen LogP contribution is 2.31. The lowest BCUT2D eigenvalue weighted by atomic mass is 10.00. The van der Waals surface area contributed by atoms with Gasteiger partial charge in [-0.1, -0.05) is 32.0 Å². The SMILES string of the molecule is CC(C)c1ccc2c(Br)cnc(NCc3ccccn3)c2c1. The number of aromatic nitrogens is 2. The van der Waals surface area contributed by atoms with Gasteiger partial charge in [-0.05, 0) is 45.6 Å². The number of rotatable bonds is 4. The fourth-order valence-electron chi connectivity index (χ4n) is 2.40. The average Bonchev–Trinajstić information content (AvgIpc) is 2.55. The quantitative estimate of drug-likeness (QED) is 0.704. The van der Waals surface area contributed by atoms with Gasteiger partial charge in [0.1, 0.15) is 5.82 Å². The molecule has 3 nitrogen and oxygen atoms in total. The molecule has 1 aromatic carbocycles. The maximum absolute atomic E-state index is 4.54. The Balaban J connectivity index is 1.97. The van der Waals surface area contributed by atoms with E-state index in [-0.39, 0.29) is 0 Å². The van der Waals surface area contributed by atoms with E-state index in [1.807, 2.05) is 24.4 Å². The van der Waals surface area contributed by atoms with E-state index < -0.39 is 0 Å². The van der Waals surface area contributed by atoms with Crippen LogP contribution in [-0.2, 0) is 6.54 Å². The van der Waals surface area contributed by atoms with E-state index in [9.17, 15) is 0 Å². The second-order valence-electron chi connectivity index (χ2n) is 5.59. The maximum atomic E-state index is 4.54. The first kappa shape index (κ1) is 15.0. The molecule has 2 heterocycles. The Morgan fingerprint density at radius 2 is 1.95 bits per heavy atom. The van der Waals surface area contributed by atoms with Crippen LogP contribution in [0.25, 0.3) is 10.8 Å². The van der Waals surface area contributed by atoms with Gasteiger partial charge in [-0.25, -0.2) is 4.98 Å². The Morgan fingerprint density at radius 3 is 2.68 bits per heavy atom. The van der Waals surface area contributed by atoms with E-state index in [1.54, 1.807) is 6.20 Å². The smallest absolute Gasteiger partial charge is 0.134 e. The normalized spacial score (nSPS) is 11.1. The van der Waals surface area contributed by atoms with Crippen LogP contribution < -0.4 is 5.32 Å². The van der Waals surface area contributed by atoms with Crippen LogP contribution in [0.4, 0.5) is 5.82 Å². The zero-order valence-electron chi connectivity index (χ0n) is 12.7. The second-order valence-corrected chi connectivity index (χ2v) is 6.44. The Labute approximate surface area is 138 Å². The van der Waals surface area contributed by atoms with Crippen molar-refractivity contribution < 1.29 is 0 Å². The third kappa shape index (κ3) is 3.12. The van der Waals surface area contributed by atoms with Gasteiger partial charge in [0.15, 0.2) is 0 Å². The highest BCUT2D eigenvalue weighted by atomic mass is 79.9. The summed E-state index contributed by atoms with van der Waals surface area (Å²) in [6.45, 7) is 5.07. The van der Waals surface area contributed by atoms with Gasteiger partial charge in [-0.3, -0.25) is 4.98 Å². The van der Waals surface area contributed by atoms with Gasteiger partial charge in [0.2, 0.25) is 0 Å². The molecule has 0 aliphatic rings. The van der Waals surface area contributed by atoms with Crippen molar-refractivity contribution in [3.8, 4) is 0 Å². The van der Waals surface area contributed by atoms with Crippen LogP contribution in [0.1, 0.15) is 31.0 Å². The van der Waals surface area contributed by atoms with Crippen molar-refractivity contribution in [2.75, 3.05) is 5.32 Å². The van der Waals surface area contributed by atoms with Crippen molar-refractivity contribution in [1.82, 2.24) is 9.97 Å². The Bertz CT molecular complexity index is 785. The van der Waals surface area contributed by atoms with Gasteiger partial charge in [-0.15, -0.1) is 0 Å². The Hall–Kier alpha value is -1.94. The number of pyridine rings is 2. The molecule has 1 N–H and O–H groups in total. The number of nitrogens with zero attached hydrogens (tertiary/aromatic N) is 2. The maximum Gasteiger partial charge on any atom is 0.134 e. The first-order chi connectivity index (χ1) is 10.6. The minimum absolute atomic E-state index is 0.493. The molecule has 2 aromatic heterocycles. The minimum atomic E-state index is 0.493. The summed E-state index contributed by atoms with van der Waals surface area (Å²) in [6, 6.07) is 12.5. The van der Waals surface area contributed by atoms with Crippen molar-refractivity contribution in [2.24, 2.45) is 0 Å². The molecule has 0 spiro atoms. The number of hydrogen-bond donors (Lipinski definition) is 1. The van der Waals surface area contributed by atoms with E-state index >= 15 is 0 Å². The van der Waals surface area contributed by atoms with Crippen LogP contribution in [0.5, 0.6) is 0 Å². The molecule has 0 fully saturated rings. The van der Waals surface area contributed by atoms with Gasteiger partial charge in [0.05, 0.1) is 12.2 Å². The predicted molar refractivity (Wildman–Crippen MR) is 95.1 cm³/mol. The molecule has 0 aliphatic heterocycles. The molecule has 22 heavy (non-hydrogen) atoms. The molecule has 112 valence electrons. The van der Waals surface area contributed by atoms with Crippen LogP contribution in [0, 0.1) is 0 Å². The first-order valence-electron chi connectivity index (χ1n) is 7.37. The summed E-state index contributed by atoms with van der Waals surface area (Å²) in [5.74, 6) is 1.39. The van der Waals surface area contributed by atoms with Gasteiger partial charge >= 0.3 is 0 Å². The molecule has 3 rings (SSSR count). The predicted octanol–water partition coefficient (Wildman–Crippen LogP) is 5.13. The fourth-order valence-corrected chi connectivity index (χ4v) is 2.85. The number of anilines is 1. The summed E-state index contributed by atoms with van der Waals surface area (Å²) in [6.07, 6.45) is 3.65. The molecule has 0 aliphatic carbocycles. The van der Waals surface area contributed by atoms with Crippen LogP contribution >= 0.6 is 15.9 Å². The summed E-state index contributed by atoms with van der Waals surface area (Å²) in [4.78, 5) is 8.87.